The van der Waals surface area contributed by atoms with Crippen molar-refractivity contribution in [2.75, 3.05) is 18.4 Å². The number of benzene rings is 2. The first-order valence-corrected chi connectivity index (χ1v) is 12.5. The zero-order valence-electron chi connectivity index (χ0n) is 19.7. The van der Waals surface area contributed by atoms with Gasteiger partial charge >= 0.3 is 0 Å². The van der Waals surface area contributed by atoms with E-state index in [1.54, 1.807) is 24.3 Å². The van der Waals surface area contributed by atoms with E-state index in [9.17, 15) is 14.4 Å². The molecule has 2 N–H and O–H groups in total. The number of carbonyl (C=O) groups excluding carboxylic acids is 3. The summed E-state index contributed by atoms with van der Waals surface area (Å²) in [6.07, 6.45) is 3.60. The number of nitrogens with zero attached hydrogens (tertiary/aromatic N) is 1. The summed E-state index contributed by atoms with van der Waals surface area (Å²) in [6, 6.07) is 14.2. The SMILES string of the molecule is CC(C)[C@@H](NC(=O)c1cccc(NC(=O)C2CC2)c1)C(=O)N1CCC(c2ccc(Cl)cc2)CC1. The second-order valence-electron chi connectivity index (χ2n) is 9.69. The molecule has 2 aromatic carbocycles. The highest BCUT2D eigenvalue weighted by Gasteiger charge is 2.32. The van der Waals surface area contributed by atoms with Gasteiger partial charge in [-0.05, 0) is 73.4 Å². The summed E-state index contributed by atoms with van der Waals surface area (Å²) in [5.74, 6) is 0.0750. The molecule has 0 spiro atoms. The predicted octanol–water partition coefficient (Wildman–Crippen LogP) is 4.85. The van der Waals surface area contributed by atoms with Crippen molar-refractivity contribution >= 4 is 35.0 Å². The standard InChI is InChI=1S/C27H32ClN3O3/c1-17(2)24(27(34)31-14-12-19(13-15-31)18-8-10-22(28)11-9-18)30-26(33)21-4-3-5-23(16-21)29-25(32)20-6-7-20/h3-5,8-11,16-17,19-20,24H,6-7,12-15H2,1-2H3,(H,29,32)(H,30,33)/t24-/m1/s1. The molecule has 1 aliphatic carbocycles. The van der Waals surface area contributed by atoms with Crippen LogP contribution in [0.2, 0.25) is 5.02 Å². The summed E-state index contributed by atoms with van der Waals surface area (Å²) < 4.78 is 0. The fraction of sp³-hybridized carbons (Fsp3) is 0.444. The highest BCUT2D eigenvalue weighted by Crippen LogP contribution is 2.31. The van der Waals surface area contributed by atoms with E-state index in [-0.39, 0.29) is 29.6 Å². The Labute approximate surface area is 206 Å². The number of piperidine rings is 1. The minimum Gasteiger partial charge on any atom is -0.341 e. The van der Waals surface area contributed by atoms with E-state index in [0.717, 1.165) is 30.7 Å². The first-order chi connectivity index (χ1) is 16.3. The second-order valence-corrected chi connectivity index (χ2v) is 10.1. The Hall–Kier alpha value is -2.86. The zero-order chi connectivity index (χ0) is 24.2. The molecule has 2 aromatic rings. The van der Waals surface area contributed by atoms with Gasteiger partial charge in [-0.2, -0.15) is 0 Å². The van der Waals surface area contributed by atoms with Crippen LogP contribution in [-0.2, 0) is 9.59 Å². The fourth-order valence-electron chi connectivity index (χ4n) is 4.43. The topological polar surface area (TPSA) is 78.5 Å². The van der Waals surface area contributed by atoms with Crippen LogP contribution in [0, 0.1) is 11.8 Å². The number of rotatable bonds is 7. The highest BCUT2D eigenvalue weighted by atomic mass is 35.5. The maximum Gasteiger partial charge on any atom is 0.252 e. The van der Waals surface area contributed by atoms with Crippen molar-refractivity contribution in [3.8, 4) is 0 Å². The number of halogens is 1. The number of hydrogen-bond acceptors (Lipinski definition) is 3. The van der Waals surface area contributed by atoms with E-state index in [4.69, 9.17) is 11.6 Å². The van der Waals surface area contributed by atoms with Crippen molar-refractivity contribution in [2.24, 2.45) is 11.8 Å². The molecule has 1 saturated carbocycles. The largest absolute Gasteiger partial charge is 0.341 e. The van der Waals surface area contributed by atoms with Gasteiger partial charge in [0.25, 0.3) is 5.91 Å². The molecule has 1 atom stereocenters. The Balaban J connectivity index is 1.36. The van der Waals surface area contributed by atoms with Gasteiger partial charge in [-0.1, -0.05) is 43.6 Å². The van der Waals surface area contributed by atoms with Gasteiger partial charge in [-0.25, -0.2) is 0 Å². The van der Waals surface area contributed by atoms with Gasteiger partial charge in [0.2, 0.25) is 11.8 Å². The first kappa shape index (κ1) is 24.3. The van der Waals surface area contributed by atoms with E-state index < -0.39 is 6.04 Å². The van der Waals surface area contributed by atoms with E-state index in [2.05, 4.69) is 22.8 Å². The molecular weight excluding hydrogens is 450 g/mol. The lowest BCUT2D eigenvalue weighted by molar-refractivity contribution is -0.135. The maximum atomic E-state index is 13.3. The molecular formula is C27H32ClN3O3. The van der Waals surface area contributed by atoms with E-state index in [1.165, 1.54) is 5.56 Å². The van der Waals surface area contributed by atoms with Crippen LogP contribution in [0.3, 0.4) is 0 Å². The van der Waals surface area contributed by atoms with Crippen LogP contribution in [0.25, 0.3) is 0 Å². The van der Waals surface area contributed by atoms with Crippen molar-refractivity contribution in [1.29, 1.82) is 0 Å². The third-order valence-electron chi connectivity index (χ3n) is 6.71. The lowest BCUT2D eigenvalue weighted by atomic mass is 9.89. The van der Waals surface area contributed by atoms with E-state index >= 15 is 0 Å². The summed E-state index contributed by atoms with van der Waals surface area (Å²) in [6.45, 7) is 5.20. The number of anilines is 1. The summed E-state index contributed by atoms with van der Waals surface area (Å²) >= 11 is 6.01. The lowest BCUT2D eigenvalue weighted by Crippen LogP contribution is -2.52. The third kappa shape index (κ3) is 5.98. The van der Waals surface area contributed by atoms with Crippen LogP contribution in [0.15, 0.2) is 48.5 Å². The van der Waals surface area contributed by atoms with Crippen LogP contribution in [0.1, 0.15) is 61.4 Å². The third-order valence-corrected chi connectivity index (χ3v) is 6.96. The minimum absolute atomic E-state index is 0.00482. The van der Waals surface area contributed by atoms with Crippen LogP contribution >= 0.6 is 11.6 Å². The molecule has 2 aliphatic rings. The molecule has 0 unspecified atom stereocenters. The molecule has 3 amide bonds. The van der Waals surface area contributed by atoms with Crippen molar-refractivity contribution in [2.45, 2.75) is 51.5 Å². The van der Waals surface area contributed by atoms with Gasteiger partial charge in [0.1, 0.15) is 6.04 Å². The fourth-order valence-corrected chi connectivity index (χ4v) is 4.56. The lowest BCUT2D eigenvalue weighted by Gasteiger charge is -2.35. The van der Waals surface area contributed by atoms with Crippen LogP contribution in [0.4, 0.5) is 5.69 Å². The first-order valence-electron chi connectivity index (χ1n) is 12.1. The highest BCUT2D eigenvalue weighted by molar-refractivity contribution is 6.30. The van der Waals surface area contributed by atoms with Crippen molar-refractivity contribution in [1.82, 2.24) is 10.2 Å². The number of nitrogens with one attached hydrogen (secondary N) is 2. The van der Waals surface area contributed by atoms with Crippen molar-refractivity contribution < 1.29 is 14.4 Å². The molecule has 0 bridgehead atoms. The minimum atomic E-state index is -0.607. The predicted molar refractivity (Wildman–Crippen MR) is 134 cm³/mol. The van der Waals surface area contributed by atoms with Crippen molar-refractivity contribution in [3.63, 3.8) is 0 Å². The van der Waals surface area contributed by atoms with Gasteiger partial charge in [0, 0.05) is 35.3 Å². The molecule has 2 fully saturated rings. The Morgan fingerprint density at radius 2 is 1.65 bits per heavy atom. The molecule has 7 heteroatoms. The molecule has 4 rings (SSSR count). The quantitative estimate of drug-likeness (QED) is 0.593. The van der Waals surface area contributed by atoms with Crippen LogP contribution in [0.5, 0.6) is 0 Å². The second kappa shape index (κ2) is 10.6. The zero-order valence-corrected chi connectivity index (χ0v) is 20.5. The number of carbonyl (C=O) groups is 3. The van der Waals surface area contributed by atoms with E-state index in [0.29, 0.717) is 30.3 Å². The molecule has 1 aliphatic heterocycles. The van der Waals surface area contributed by atoms with Crippen LogP contribution in [-0.4, -0.2) is 41.8 Å². The average Bonchev–Trinajstić information content (AvgIpc) is 3.68. The molecule has 6 nitrogen and oxygen atoms in total. The maximum absolute atomic E-state index is 13.3. The van der Waals surface area contributed by atoms with Gasteiger partial charge in [0.05, 0.1) is 0 Å². The molecule has 34 heavy (non-hydrogen) atoms. The number of likely N-dealkylation sites (tertiary alicyclic amines) is 1. The molecule has 0 aromatic heterocycles. The normalized spacial score (nSPS) is 17.4. The Morgan fingerprint density at radius 3 is 2.26 bits per heavy atom. The van der Waals surface area contributed by atoms with Crippen molar-refractivity contribution in [3.05, 3.63) is 64.7 Å². The summed E-state index contributed by atoms with van der Waals surface area (Å²) in [7, 11) is 0. The molecule has 0 radical (unpaired) electrons. The van der Waals surface area contributed by atoms with Gasteiger partial charge < -0.3 is 15.5 Å². The Kier molecular flexibility index (Phi) is 7.57. The molecule has 1 heterocycles. The summed E-state index contributed by atoms with van der Waals surface area (Å²) in [5.41, 5.74) is 2.27. The Bertz CT molecular complexity index is 1040. The molecule has 180 valence electrons. The molecule has 1 saturated heterocycles. The monoisotopic (exact) mass is 481 g/mol. The number of hydrogen-bond donors (Lipinski definition) is 2. The van der Waals surface area contributed by atoms with Gasteiger partial charge in [0.15, 0.2) is 0 Å². The average molecular weight is 482 g/mol. The van der Waals surface area contributed by atoms with Crippen LogP contribution < -0.4 is 10.6 Å². The summed E-state index contributed by atoms with van der Waals surface area (Å²) in [5, 5.41) is 6.53. The van der Waals surface area contributed by atoms with Gasteiger partial charge in [-0.3, -0.25) is 14.4 Å². The Morgan fingerprint density at radius 1 is 0.971 bits per heavy atom. The van der Waals surface area contributed by atoms with Gasteiger partial charge in [-0.15, -0.1) is 0 Å². The summed E-state index contributed by atoms with van der Waals surface area (Å²) in [4.78, 5) is 40.2. The van der Waals surface area contributed by atoms with E-state index in [1.807, 2.05) is 30.9 Å². The smallest absolute Gasteiger partial charge is 0.252 e. The number of amides is 3.